The third-order valence-electron chi connectivity index (χ3n) is 6.13. The molecule has 31 heavy (non-hydrogen) atoms. The smallest absolute Gasteiger partial charge is 0.254 e. The number of nitrogens with one attached hydrogen (secondary N) is 1. The van der Waals surface area contributed by atoms with Gasteiger partial charge >= 0.3 is 0 Å². The average molecular weight is 424 g/mol. The third-order valence-corrected chi connectivity index (χ3v) is 6.13. The summed E-state index contributed by atoms with van der Waals surface area (Å²) >= 11 is 0. The molecule has 164 valence electrons. The molecule has 0 radical (unpaired) electrons. The van der Waals surface area contributed by atoms with Crippen molar-refractivity contribution in [3.63, 3.8) is 0 Å². The molecular weight excluding hydrogens is 394 g/mol. The van der Waals surface area contributed by atoms with E-state index in [1.165, 1.54) is 0 Å². The van der Waals surface area contributed by atoms with Crippen LogP contribution < -0.4 is 5.32 Å². The molecule has 1 aromatic heterocycles. The van der Waals surface area contributed by atoms with Gasteiger partial charge < -0.3 is 15.1 Å². The van der Waals surface area contributed by atoms with Gasteiger partial charge in [0.1, 0.15) is 6.04 Å². The van der Waals surface area contributed by atoms with E-state index in [1.807, 2.05) is 35.2 Å². The summed E-state index contributed by atoms with van der Waals surface area (Å²) in [6.07, 6.45) is 6.92. The molecule has 3 heterocycles. The van der Waals surface area contributed by atoms with Crippen molar-refractivity contribution in [2.24, 2.45) is 7.05 Å². The first kappa shape index (κ1) is 21.1. The van der Waals surface area contributed by atoms with Gasteiger partial charge in [-0.15, -0.1) is 0 Å². The number of aryl methyl sites for hydroxylation is 1. The third kappa shape index (κ3) is 4.78. The minimum absolute atomic E-state index is 0.0172. The van der Waals surface area contributed by atoms with Gasteiger partial charge in [0.25, 0.3) is 5.91 Å². The number of hydrogen-bond acceptors (Lipinski definition) is 4. The van der Waals surface area contributed by atoms with Crippen LogP contribution in [0.15, 0.2) is 42.7 Å². The van der Waals surface area contributed by atoms with Gasteiger partial charge in [-0.3, -0.25) is 19.1 Å². The summed E-state index contributed by atoms with van der Waals surface area (Å²) in [5.74, 6) is -0.121. The van der Waals surface area contributed by atoms with Crippen LogP contribution in [-0.4, -0.2) is 63.0 Å². The molecule has 2 aromatic rings. The second-order valence-electron chi connectivity index (χ2n) is 8.33. The van der Waals surface area contributed by atoms with E-state index in [9.17, 15) is 14.4 Å². The quantitative estimate of drug-likeness (QED) is 0.796. The molecule has 2 aliphatic heterocycles. The lowest BCUT2D eigenvalue weighted by atomic mass is 9.98. The summed E-state index contributed by atoms with van der Waals surface area (Å²) in [7, 11) is 1.77. The maximum atomic E-state index is 13.5. The Balaban J connectivity index is 1.41. The van der Waals surface area contributed by atoms with Gasteiger partial charge in [0.15, 0.2) is 0 Å². The number of likely N-dealkylation sites (tertiary alicyclic amines) is 2. The normalized spacial score (nSPS) is 18.7. The van der Waals surface area contributed by atoms with Gasteiger partial charge in [-0.2, -0.15) is 5.10 Å². The highest BCUT2D eigenvalue weighted by molar-refractivity contribution is 5.94. The molecule has 2 aliphatic rings. The molecule has 8 nitrogen and oxygen atoms in total. The monoisotopic (exact) mass is 423 g/mol. The summed E-state index contributed by atoms with van der Waals surface area (Å²) in [6.45, 7) is 1.73. The minimum Gasteiger partial charge on any atom is -0.349 e. The Morgan fingerprint density at radius 3 is 2.48 bits per heavy atom. The Labute approximate surface area is 182 Å². The molecule has 0 saturated carbocycles. The first-order valence-electron chi connectivity index (χ1n) is 11.0. The van der Waals surface area contributed by atoms with Crippen molar-refractivity contribution in [1.82, 2.24) is 24.9 Å². The van der Waals surface area contributed by atoms with Crippen molar-refractivity contribution in [2.75, 3.05) is 19.6 Å². The molecule has 1 aromatic carbocycles. The van der Waals surface area contributed by atoms with E-state index < -0.39 is 6.04 Å². The molecule has 2 saturated heterocycles. The summed E-state index contributed by atoms with van der Waals surface area (Å²) < 4.78 is 1.60. The number of hydrogen-bond donors (Lipinski definition) is 1. The summed E-state index contributed by atoms with van der Waals surface area (Å²) in [4.78, 5) is 42.1. The molecule has 1 atom stereocenters. The average Bonchev–Trinajstić information content (AvgIpc) is 3.23. The van der Waals surface area contributed by atoms with E-state index >= 15 is 0 Å². The summed E-state index contributed by atoms with van der Waals surface area (Å²) in [6, 6.07) is 9.02. The van der Waals surface area contributed by atoms with Crippen LogP contribution in [0.3, 0.4) is 0 Å². The van der Waals surface area contributed by atoms with Crippen molar-refractivity contribution < 1.29 is 14.4 Å². The number of amides is 3. The summed E-state index contributed by atoms with van der Waals surface area (Å²) in [5.41, 5.74) is 1.39. The molecule has 2 fully saturated rings. The molecule has 1 N–H and O–H groups in total. The second kappa shape index (κ2) is 9.32. The van der Waals surface area contributed by atoms with Gasteiger partial charge in [0.2, 0.25) is 11.8 Å². The standard InChI is InChI=1S/C23H29N5O3/c1-26-16-18(15-24-26)22(30)25-19-10-13-27(14-11-19)23(31)21(17-7-3-2-4-8-17)28-12-6-5-9-20(28)29/h2-4,7-8,15-16,19,21H,5-6,9-14H2,1H3,(H,25,30). The Hall–Kier alpha value is -3.16. The zero-order valence-corrected chi connectivity index (χ0v) is 17.9. The zero-order chi connectivity index (χ0) is 21.8. The van der Waals surface area contributed by atoms with E-state index in [0.29, 0.717) is 44.5 Å². The highest BCUT2D eigenvalue weighted by Crippen LogP contribution is 2.28. The van der Waals surface area contributed by atoms with Crippen LogP contribution in [0.5, 0.6) is 0 Å². The number of carbonyl (C=O) groups excluding carboxylic acids is 3. The van der Waals surface area contributed by atoms with Crippen LogP contribution in [0.4, 0.5) is 0 Å². The number of carbonyl (C=O) groups is 3. The van der Waals surface area contributed by atoms with Crippen molar-refractivity contribution in [3.8, 4) is 0 Å². The Bertz CT molecular complexity index is 934. The van der Waals surface area contributed by atoms with Crippen LogP contribution in [0.1, 0.15) is 54.1 Å². The predicted octanol–water partition coefficient (Wildman–Crippen LogP) is 1.89. The second-order valence-corrected chi connectivity index (χ2v) is 8.33. The lowest BCUT2D eigenvalue weighted by molar-refractivity contribution is -0.148. The van der Waals surface area contributed by atoms with Crippen LogP contribution in [0.25, 0.3) is 0 Å². The van der Waals surface area contributed by atoms with E-state index in [2.05, 4.69) is 10.4 Å². The van der Waals surface area contributed by atoms with E-state index in [0.717, 1.165) is 18.4 Å². The lowest BCUT2D eigenvalue weighted by Crippen LogP contribution is -2.51. The van der Waals surface area contributed by atoms with Gasteiger partial charge in [0.05, 0.1) is 11.8 Å². The van der Waals surface area contributed by atoms with Crippen molar-refractivity contribution in [3.05, 3.63) is 53.9 Å². The van der Waals surface area contributed by atoms with Crippen molar-refractivity contribution >= 4 is 17.7 Å². The first-order chi connectivity index (χ1) is 15.0. The molecule has 3 amide bonds. The van der Waals surface area contributed by atoms with Crippen LogP contribution in [0.2, 0.25) is 0 Å². The maximum absolute atomic E-state index is 13.5. The molecule has 0 aliphatic carbocycles. The number of nitrogens with zero attached hydrogens (tertiary/aromatic N) is 4. The minimum atomic E-state index is -0.574. The highest BCUT2D eigenvalue weighted by Gasteiger charge is 2.36. The SMILES string of the molecule is Cn1cc(C(=O)NC2CCN(C(=O)C(c3ccccc3)N3CCCCC3=O)CC2)cn1. The van der Waals surface area contributed by atoms with Gasteiger partial charge in [0, 0.05) is 45.3 Å². The molecule has 0 spiro atoms. The van der Waals surface area contributed by atoms with Crippen LogP contribution in [-0.2, 0) is 16.6 Å². The van der Waals surface area contributed by atoms with E-state index in [-0.39, 0.29) is 23.8 Å². The fourth-order valence-corrected chi connectivity index (χ4v) is 4.42. The summed E-state index contributed by atoms with van der Waals surface area (Å²) in [5, 5.41) is 7.08. The number of aromatic nitrogens is 2. The van der Waals surface area contributed by atoms with Gasteiger partial charge in [-0.1, -0.05) is 30.3 Å². The Morgan fingerprint density at radius 1 is 1.10 bits per heavy atom. The van der Waals surface area contributed by atoms with Crippen molar-refractivity contribution in [2.45, 2.75) is 44.2 Å². The molecule has 0 bridgehead atoms. The molecule has 4 rings (SSSR count). The first-order valence-corrected chi connectivity index (χ1v) is 11.0. The largest absolute Gasteiger partial charge is 0.349 e. The molecular formula is C23H29N5O3. The fourth-order valence-electron chi connectivity index (χ4n) is 4.42. The highest BCUT2D eigenvalue weighted by atomic mass is 16.2. The Kier molecular flexibility index (Phi) is 6.34. The fraction of sp³-hybridized carbons (Fsp3) is 0.478. The number of rotatable bonds is 5. The van der Waals surface area contributed by atoms with E-state index in [4.69, 9.17) is 0 Å². The number of benzene rings is 1. The predicted molar refractivity (Wildman–Crippen MR) is 115 cm³/mol. The molecule has 1 unspecified atom stereocenters. The number of piperidine rings is 2. The van der Waals surface area contributed by atoms with E-state index in [1.54, 1.807) is 29.0 Å². The van der Waals surface area contributed by atoms with Crippen molar-refractivity contribution in [1.29, 1.82) is 0 Å². The van der Waals surface area contributed by atoms with Gasteiger partial charge in [-0.05, 0) is 31.2 Å². The lowest BCUT2D eigenvalue weighted by Gasteiger charge is -2.39. The van der Waals surface area contributed by atoms with Crippen LogP contribution >= 0.6 is 0 Å². The zero-order valence-electron chi connectivity index (χ0n) is 17.9. The van der Waals surface area contributed by atoms with Crippen LogP contribution in [0, 0.1) is 0 Å². The van der Waals surface area contributed by atoms with Gasteiger partial charge in [-0.25, -0.2) is 0 Å². The molecule has 8 heteroatoms. The Morgan fingerprint density at radius 2 is 1.84 bits per heavy atom. The maximum Gasteiger partial charge on any atom is 0.254 e. The topological polar surface area (TPSA) is 87.5 Å².